The van der Waals surface area contributed by atoms with Crippen LogP contribution in [0.1, 0.15) is 0 Å². The lowest BCUT2D eigenvalue weighted by Crippen LogP contribution is -1.94. The van der Waals surface area contributed by atoms with Crippen molar-refractivity contribution in [3.05, 3.63) is 170 Å². The van der Waals surface area contributed by atoms with Gasteiger partial charge in [-0.2, -0.15) is 0 Å². The van der Waals surface area contributed by atoms with E-state index in [1.54, 1.807) is 0 Å². The highest BCUT2D eigenvalue weighted by Crippen LogP contribution is 2.49. The van der Waals surface area contributed by atoms with Gasteiger partial charge in [0.2, 0.25) is 0 Å². The molecule has 2 nitrogen and oxygen atoms in total. The normalized spacial score (nSPS) is 11.8. The molecule has 2 heterocycles. The molecule has 0 aliphatic heterocycles. The molecule has 0 unspecified atom stereocenters. The Balaban J connectivity index is 1.48. The average molecular weight is 609 g/mol. The van der Waals surface area contributed by atoms with E-state index in [-0.39, 0.29) is 0 Å². The van der Waals surface area contributed by atoms with Gasteiger partial charge in [0.05, 0.1) is 0 Å². The molecule has 2 heteroatoms. The fourth-order valence-electron chi connectivity index (χ4n) is 7.89. The Morgan fingerprint density at radius 3 is 1.44 bits per heavy atom. The van der Waals surface area contributed by atoms with Crippen LogP contribution in [-0.2, 0) is 0 Å². The highest BCUT2D eigenvalue weighted by Gasteiger charge is 2.21. The summed E-state index contributed by atoms with van der Waals surface area (Å²) in [4.78, 5) is 8.93. The van der Waals surface area contributed by atoms with Crippen LogP contribution < -0.4 is 0 Å². The van der Waals surface area contributed by atoms with Crippen LogP contribution in [0.5, 0.6) is 0 Å². The van der Waals surface area contributed by atoms with Gasteiger partial charge in [-0.25, -0.2) is 0 Å². The molecule has 10 aromatic rings. The van der Waals surface area contributed by atoms with Gasteiger partial charge in [0, 0.05) is 35.6 Å². The first-order valence-corrected chi connectivity index (χ1v) is 16.4. The van der Waals surface area contributed by atoms with E-state index in [0.717, 1.165) is 10.8 Å². The third kappa shape index (κ3) is 4.00. The minimum Gasteiger partial charge on any atom is -0.264 e. The largest absolute Gasteiger partial charge is 0.264 e. The molecule has 0 aliphatic rings. The van der Waals surface area contributed by atoms with Gasteiger partial charge in [-0.05, 0) is 118 Å². The lowest BCUT2D eigenvalue weighted by molar-refractivity contribution is 1.36. The summed E-state index contributed by atoms with van der Waals surface area (Å²) in [6.07, 6.45) is 7.75. The van der Waals surface area contributed by atoms with Crippen LogP contribution in [0.2, 0.25) is 0 Å². The zero-order valence-corrected chi connectivity index (χ0v) is 26.1. The first-order chi connectivity index (χ1) is 23.8. The molecule has 0 saturated heterocycles. The summed E-state index contributed by atoms with van der Waals surface area (Å²) in [5.74, 6) is 0. The van der Waals surface area contributed by atoms with Crippen molar-refractivity contribution in [1.82, 2.24) is 9.97 Å². The number of pyridine rings is 2. The second kappa shape index (κ2) is 10.6. The number of benzene rings is 8. The monoisotopic (exact) mass is 608 g/mol. The van der Waals surface area contributed by atoms with E-state index in [9.17, 15) is 0 Å². The summed E-state index contributed by atoms with van der Waals surface area (Å²) < 4.78 is 0. The van der Waals surface area contributed by atoms with E-state index < -0.39 is 0 Å². The summed E-state index contributed by atoms with van der Waals surface area (Å²) in [6, 6.07) is 53.3. The molecule has 10 rings (SSSR count). The van der Waals surface area contributed by atoms with E-state index in [2.05, 4.69) is 156 Å². The molecule has 0 bridgehead atoms. The van der Waals surface area contributed by atoms with Crippen molar-refractivity contribution >= 4 is 64.6 Å². The highest BCUT2D eigenvalue weighted by molar-refractivity contribution is 6.29. The Bertz CT molecular complexity index is 2880. The first kappa shape index (κ1) is 26.8. The van der Waals surface area contributed by atoms with Crippen molar-refractivity contribution in [2.75, 3.05) is 0 Å². The Labute approximate surface area is 277 Å². The molecular weight excluding hydrogens is 581 g/mol. The Hall–Kier alpha value is -6.38. The summed E-state index contributed by atoms with van der Waals surface area (Å²) in [5.41, 5.74) is 7.38. The van der Waals surface area contributed by atoms with Crippen molar-refractivity contribution in [3.8, 4) is 33.4 Å². The Morgan fingerprint density at radius 1 is 0.292 bits per heavy atom. The predicted octanol–water partition coefficient (Wildman–Crippen LogP) is 12.4. The number of hydrogen-bond donors (Lipinski definition) is 0. The first-order valence-electron chi connectivity index (χ1n) is 16.4. The molecule has 0 fully saturated rings. The molecule has 222 valence electrons. The Kier molecular flexibility index (Phi) is 5.91. The van der Waals surface area contributed by atoms with Gasteiger partial charge < -0.3 is 0 Å². The molecule has 0 amide bonds. The van der Waals surface area contributed by atoms with Gasteiger partial charge in [0.25, 0.3) is 0 Å². The van der Waals surface area contributed by atoms with Crippen molar-refractivity contribution in [2.45, 2.75) is 0 Å². The summed E-state index contributed by atoms with van der Waals surface area (Å²) in [5, 5.41) is 14.6. The molecule has 2 aromatic heterocycles. The van der Waals surface area contributed by atoms with Crippen LogP contribution in [0, 0.1) is 0 Å². The SMILES string of the molecule is c1ccc(-c2cc3ccccc3c3cc4c(-c5cccc6cnccc56)c5ccccc5c(-c5cccc6cnccc56)c4cc23)cc1. The van der Waals surface area contributed by atoms with E-state index in [4.69, 9.17) is 0 Å². The van der Waals surface area contributed by atoms with Crippen LogP contribution in [-0.4, -0.2) is 9.97 Å². The summed E-state index contributed by atoms with van der Waals surface area (Å²) in [7, 11) is 0. The van der Waals surface area contributed by atoms with Gasteiger partial charge in [-0.3, -0.25) is 9.97 Å². The molecule has 0 aliphatic carbocycles. The molecule has 48 heavy (non-hydrogen) atoms. The number of rotatable bonds is 3. The molecule has 0 spiro atoms. The number of fused-ring (bicyclic) bond motifs is 7. The van der Waals surface area contributed by atoms with Gasteiger partial charge in [0.1, 0.15) is 0 Å². The van der Waals surface area contributed by atoms with E-state index >= 15 is 0 Å². The van der Waals surface area contributed by atoms with E-state index in [0.29, 0.717) is 0 Å². The standard InChI is InChI=1S/C46H28N2/c1-2-10-29(11-3-1)40-24-30-12-4-5-15-33(30)41-25-43-44(26-42(40)41)46(37-19-9-14-32-28-48-23-21-35(32)37)39-17-7-6-16-38(39)45(43)36-18-8-13-31-27-47-22-20-34(31)36/h1-28H. The zero-order valence-electron chi connectivity index (χ0n) is 26.1. The van der Waals surface area contributed by atoms with E-state index in [1.165, 1.54) is 87.2 Å². The second-order valence-corrected chi connectivity index (χ2v) is 12.6. The van der Waals surface area contributed by atoms with Crippen LogP contribution in [0.3, 0.4) is 0 Å². The Morgan fingerprint density at radius 2 is 0.812 bits per heavy atom. The zero-order chi connectivity index (χ0) is 31.6. The van der Waals surface area contributed by atoms with Crippen LogP contribution >= 0.6 is 0 Å². The van der Waals surface area contributed by atoms with Crippen LogP contribution in [0.15, 0.2) is 170 Å². The molecule has 0 N–H and O–H groups in total. The van der Waals surface area contributed by atoms with Gasteiger partial charge >= 0.3 is 0 Å². The topological polar surface area (TPSA) is 25.8 Å². The van der Waals surface area contributed by atoms with E-state index in [1.807, 2.05) is 24.8 Å². The maximum atomic E-state index is 4.46. The maximum Gasteiger partial charge on any atom is 0.0346 e. The third-order valence-electron chi connectivity index (χ3n) is 9.99. The molecule has 0 saturated carbocycles. The quantitative estimate of drug-likeness (QED) is 0.147. The minimum atomic E-state index is 1.13. The molecular formula is C46H28N2. The molecule has 8 aromatic carbocycles. The molecule has 0 atom stereocenters. The second-order valence-electron chi connectivity index (χ2n) is 12.6. The molecule has 0 radical (unpaired) electrons. The number of nitrogens with zero attached hydrogens (tertiary/aromatic N) is 2. The average Bonchev–Trinajstić information content (AvgIpc) is 3.16. The summed E-state index contributed by atoms with van der Waals surface area (Å²) in [6.45, 7) is 0. The van der Waals surface area contributed by atoms with Crippen LogP contribution in [0.25, 0.3) is 98.0 Å². The minimum absolute atomic E-state index is 1.13. The highest BCUT2D eigenvalue weighted by atomic mass is 14.6. The fraction of sp³-hybridized carbons (Fsp3) is 0. The third-order valence-corrected chi connectivity index (χ3v) is 9.99. The van der Waals surface area contributed by atoms with Crippen molar-refractivity contribution in [3.63, 3.8) is 0 Å². The lowest BCUT2D eigenvalue weighted by atomic mass is 9.82. The van der Waals surface area contributed by atoms with Gasteiger partial charge in [-0.15, -0.1) is 0 Å². The van der Waals surface area contributed by atoms with Crippen LogP contribution in [0.4, 0.5) is 0 Å². The fourth-order valence-corrected chi connectivity index (χ4v) is 7.89. The maximum absolute atomic E-state index is 4.46. The van der Waals surface area contributed by atoms with Crippen molar-refractivity contribution < 1.29 is 0 Å². The summed E-state index contributed by atoms with van der Waals surface area (Å²) >= 11 is 0. The van der Waals surface area contributed by atoms with Gasteiger partial charge in [-0.1, -0.05) is 115 Å². The van der Waals surface area contributed by atoms with Crippen molar-refractivity contribution in [1.29, 1.82) is 0 Å². The predicted molar refractivity (Wildman–Crippen MR) is 203 cm³/mol. The number of hydrogen-bond acceptors (Lipinski definition) is 2. The smallest absolute Gasteiger partial charge is 0.0346 e. The van der Waals surface area contributed by atoms with Crippen molar-refractivity contribution in [2.24, 2.45) is 0 Å². The lowest BCUT2D eigenvalue weighted by Gasteiger charge is -2.21. The number of aromatic nitrogens is 2. The van der Waals surface area contributed by atoms with Gasteiger partial charge in [0.15, 0.2) is 0 Å².